The zero-order valence-corrected chi connectivity index (χ0v) is 29.1. The number of carbonyl (C=O) groups is 1. The van der Waals surface area contributed by atoms with Crippen molar-refractivity contribution in [2.24, 2.45) is 0 Å². The van der Waals surface area contributed by atoms with Crippen LogP contribution in [0, 0.1) is 0 Å². The lowest BCUT2D eigenvalue weighted by molar-refractivity contribution is -0.111. The van der Waals surface area contributed by atoms with Gasteiger partial charge in [-0.3, -0.25) is 4.79 Å². The van der Waals surface area contributed by atoms with Gasteiger partial charge in [-0.2, -0.15) is 0 Å². The van der Waals surface area contributed by atoms with E-state index in [9.17, 15) is 9.90 Å². The second-order valence-electron chi connectivity index (χ2n) is 12.5. The minimum atomic E-state index is -1.05. The number of nitrogens with zero attached hydrogens (tertiary/aromatic N) is 1. The molecule has 2 N–H and O–H groups in total. The Kier molecular flexibility index (Phi) is 28.7. The van der Waals surface area contributed by atoms with Gasteiger partial charge in [0.25, 0.3) is 0 Å². The van der Waals surface area contributed by atoms with Crippen molar-refractivity contribution in [1.82, 2.24) is 4.57 Å². The van der Waals surface area contributed by atoms with E-state index < -0.39 is 8.96 Å². The van der Waals surface area contributed by atoms with E-state index >= 15 is 0 Å². The van der Waals surface area contributed by atoms with E-state index in [0.717, 1.165) is 37.9 Å². The van der Waals surface area contributed by atoms with Gasteiger partial charge in [-0.25, -0.2) is 0 Å². The summed E-state index contributed by atoms with van der Waals surface area (Å²) in [6, 6.07) is 3.34. The Morgan fingerprint density at radius 1 is 0.780 bits per heavy atom. The SMILES string of the molecule is CCCCCCCCCCCC(=O)SCCC[SiH]1CCCCCCN1C(CCCCCCCCCO)CCOCO. The fourth-order valence-corrected chi connectivity index (χ4v) is 11.4. The minimum absolute atomic E-state index is 0.175. The Bertz CT molecular complexity index is 571. The molecular weight excluding hydrogens is 547 g/mol. The van der Waals surface area contributed by atoms with Crippen molar-refractivity contribution in [1.29, 1.82) is 0 Å². The van der Waals surface area contributed by atoms with Crippen LogP contribution in [0.15, 0.2) is 0 Å². The molecule has 0 aromatic rings. The number of thioether (sulfide) groups is 1. The Labute approximate surface area is 261 Å². The maximum Gasteiger partial charge on any atom is 0.188 e. The summed E-state index contributed by atoms with van der Waals surface area (Å²) in [5, 5.41) is 18.6. The van der Waals surface area contributed by atoms with Crippen LogP contribution in [0.1, 0.15) is 161 Å². The molecule has 1 aliphatic rings. The summed E-state index contributed by atoms with van der Waals surface area (Å²) in [5.41, 5.74) is 0. The highest BCUT2D eigenvalue weighted by molar-refractivity contribution is 8.13. The zero-order valence-electron chi connectivity index (χ0n) is 27.1. The van der Waals surface area contributed by atoms with Crippen LogP contribution >= 0.6 is 11.8 Å². The van der Waals surface area contributed by atoms with Crippen LogP contribution in [0.5, 0.6) is 0 Å². The first-order valence-corrected chi connectivity index (χ1v) is 21.1. The summed E-state index contributed by atoms with van der Waals surface area (Å²) in [7, 11) is -1.05. The first-order chi connectivity index (χ1) is 20.2. The third-order valence-corrected chi connectivity index (χ3v) is 13.7. The van der Waals surface area contributed by atoms with Crippen molar-refractivity contribution in [3.63, 3.8) is 0 Å². The molecule has 41 heavy (non-hydrogen) atoms. The van der Waals surface area contributed by atoms with Crippen LogP contribution in [-0.2, 0) is 9.53 Å². The van der Waals surface area contributed by atoms with Crippen LogP contribution < -0.4 is 0 Å². The van der Waals surface area contributed by atoms with Crippen LogP contribution in [0.25, 0.3) is 0 Å². The molecule has 2 atom stereocenters. The van der Waals surface area contributed by atoms with Crippen molar-refractivity contribution in [3.8, 4) is 0 Å². The number of unbranched alkanes of at least 4 members (excludes halogenated alkanes) is 14. The van der Waals surface area contributed by atoms with Crippen LogP contribution in [0.2, 0.25) is 12.1 Å². The van der Waals surface area contributed by atoms with Gasteiger partial charge in [0.15, 0.2) is 5.12 Å². The number of hydrogen-bond donors (Lipinski definition) is 2. The fourth-order valence-electron chi connectivity index (χ4n) is 6.46. The molecule has 0 spiro atoms. The van der Waals surface area contributed by atoms with Gasteiger partial charge >= 0.3 is 0 Å². The standard InChI is InChI=1S/C34H69NO4SSi/c1-2-3-4-5-6-7-10-13-18-24-34(38)40-29-22-31-41-30-21-16-14-19-26-35(41)33(25-28-39-32-37)23-17-12-9-8-11-15-20-27-36/h33,36-37,41H,2-32H2,1H3. The van der Waals surface area contributed by atoms with Crippen molar-refractivity contribution in [3.05, 3.63) is 0 Å². The predicted molar refractivity (Wildman–Crippen MR) is 181 cm³/mol. The van der Waals surface area contributed by atoms with Crippen molar-refractivity contribution >= 4 is 25.8 Å². The zero-order chi connectivity index (χ0) is 29.6. The van der Waals surface area contributed by atoms with E-state index in [2.05, 4.69) is 11.5 Å². The van der Waals surface area contributed by atoms with Crippen LogP contribution in [-0.4, -0.2) is 67.2 Å². The van der Waals surface area contributed by atoms with Gasteiger partial charge in [0.2, 0.25) is 0 Å². The molecule has 1 rings (SSSR count). The lowest BCUT2D eigenvalue weighted by Crippen LogP contribution is -2.48. The summed E-state index contributed by atoms with van der Waals surface area (Å²) >= 11 is 1.61. The molecule has 244 valence electrons. The molecule has 1 aliphatic heterocycles. The molecule has 1 saturated heterocycles. The van der Waals surface area contributed by atoms with Gasteiger partial charge in [0.1, 0.15) is 15.8 Å². The molecule has 7 heteroatoms. The van der Waals surface area contributed by atoms with Crippen molar-refractivity contribution in [2.75, 3.05) is 32.3 Å². The Balaban J connectivity index is 2.39. The lowest BCUT2D eigenvalue weighted by Gasteiger charge is -2.39. The fraction of sp³-hybridized carbons (Fsp3) is 0.971. The van der Waals surface area contributed by atoms with E-state index in [0.29, 0.717) is 24.4 Å². The van der Waals surface area contributed by atoms with E-state index in [-0.39, 0.29) is 6.79 Å². The smallest absolute Gasteiger partial charge is 0.188 e. The summed E-state index contributed by atoms with van der Waals surface area (Å²) in [6.07, 6.45) is 30.0. The Morgan fingerprint density at radius 3 is 2.10 bits per heavy atom. The van der Waals surface area contributed by atoms with Crippen LogP contribution in [0.3, 0.4) is 0 Å². The number of carbonyl (C=O) groups excluding carboxylic acids is 1. The van der Waals surface area contributed by atoms with E-state index in [4.69, 9.17) is 9.84 Å². The maximum absolute atomic E-state index is 12.5. The minimum Gasteiger partial charge on any atom is -0.396 e. The molecule has 0 radical (unpaired) electrons. The molecule has 0 saturated carbocycles. The van der Waals surface area contributed by atoms with Gasteiger partial charge < -0.3 is 19.5 Å². The van der Waals surface area contributed by atoms with Crippen molar-refractivity contribution in [2.45, 2.75) is 179 Å². The highest BCUT2D eigenvalue weighted by atomic mass is 32.2. The Morgan fingerprint density at radius 2 is 1.41 bits per heavy atom. The molecule has 0 aromatic carbocycles. The highest BCUT2D eigenvalue weighted by Crippen LogP contribution is 2.26. The lowest BCUT2D eigenvalue weighted by atomic mass is 10.0. The monoisotopic (exact) mass is 615 g/mol. The molecule has 2 unspecified atom stereocenters. The van der Waals surface area contributed by atoms with Crippen molar-refractivity contribution < 1.29 is 19.7 Å². The third kappa shape index (κ3) is 23.2. The average molecular weight is 616 g/mol. The largest absolute Gasteiger partial charge is 0.396 e. The summed E-state index contributed by atoms with van der Waals surface area (Å²) in [5.74, 6) is 1.00. The molecule has 0 aromatic heterocycles. The second kappa shape index (κ2) is 30.1. The molecule has 0 bridgehead atoms. The summed E-state index contributed by atoms with van der Waals surface area (Å²) in [4.78, 5) is 12.5. The van der Waals surface area contributed by atoms with Gasteiger partial charge in [-0.1, -0.05) is 128 Å². The van der Waals surface area contributed by atoms with Crippen LogP contribution in [0.4, 0.5) is 0 Å². The molecule has 1 fully saturated rings. The number of hydrogen-bond acceptors (Lipinski definition) is 6. The van der Waals surface area contributed by atoms with Gasteiger partial charge in [-0.15, -0.1) is 0 Å². The van der Waals surface area contributed by atoms with E-state index in [1.165, 1.54) is 141 Å². The topological polar surface area (TPSA) is 70.0 Å². The first kappa shape index (κ1) is 39.1. The van der Waals surface area contributed by atoms with E-state index in [1.54, 1.807) is 11.8 Å². The predicted octanol–water partition coefficient (Wildman–Crippen LogP) is 9.00. The second-order valence-corrected chi connectivity index (χ2v) is 16.8. The molecule has 0 aliphatic carbocycles. The third-order valence-electron chi connectivity index (χ3n) is 8.95. The van der Waals surface area contributed by atoms with Gasteiger partial charge in [0.05, 0.1) is 6.61 Å². The number of aliphatic hydroxyl groups excluding tert-OH is 2. The molecule has 0 amide bonds. The quantitative estimate of drug-likeness (QED) is 0.0520. The average Bonchev–Trinajstić information content (AvgIpc) is 2.96. The van der Waals surface area contributed by atoms with E-state index in [1.807, 2.05) is 0 Å². The normalized spacial score (nSPS) is 17.4. The summed E-state index contributed by atoms with van der Waals surface area (Å²) < 4.78 is 8.36. The number of aliphatic hydroxyl groups is 2. The summed E-state index contributed by atoms with van der Waals surface area (Å²) in [6.45, 7) is 4.32. The highest BCUT2D eigenvalue weighted by Gasteiger charge is 2.27. The van der Waals surface area contributed by atoms with Gasteiger partial charge in [0, 0.05) is 24.8 Å². The molecule has 5 nitrogen and oxygen atoms in total. The first-order valence-electron chi connectivity index (χ1n) is 17.9. The molecule has 1 heterocycles. The van der Waals surface area contributed by atoms with Gasteiger partial charge in [-0.05, 0) is 57.2 Å². The number of ether oxygens (including phenoxy) is 1. The Hall–Kier alpha value is 0.0769. The number of rotatable bonds is 28. The maximum atomic E-state index is 12.5. The molecular formula is C34H69NO4SSi.